The highest BCUT2D eigenvalue weighted by atomic mass is 32.2. The summed E-state index contributed by atoms with van der Waals surface area (Å²) in [5.74, 6) is -5.74. The molecule has 0 aromatic heterocycles. The Morgan fingerprint density at radius 2 is 1.28 bits per heavy atom. The van der Waals surface area contributed by atoms with Crippen LogP contribution in [0.25, 0.3) is 0 Å². The van der Waals surface area contributed by atoms with Crippen LogP contribution in [0, 0.1) is 12.3 Å². The highest BCUT2D eigenvalue weighted by Gasteiger charge is 2.92. The largest absolute Gasteiger partial charge is 0.493 e. The second-order valence-electron chi connectivity index (χ2n) is 12.6. The van der Waals surface area contributed by atoms with Gasteiger partial charge in [0.15, 0.2) is 11.5 Å². The van der Waals surface area contributed by atoms with E-state index in [1.165, 1.54) is 47.3 Å². The summed E-state index contributed by atoms with van der Waals surface area (Å²) in [6.07, 6.45) is -1.56. The van der Waals surface area contributed by atoms with Crippen LogP contribution in [0.1, 0.15) is 63.0 Å². The molecule has 0 unspecified atom stereocenters. The molecule has 15 heteroatoms. The summed E-state index contributed by atoms with van der Waals surface area (Å²) in [6.45, 7) is 6.91. The van der Waals surface area contributed by atoms with Crippen molar-refractivity contribution >= 4 is 27.9 Å². The van der Waals surface area contributed by atoms with E-state index >= 15 is 22.8 Å². The maximum atomic E-state index is 15.5. The third-order valence-electron chi connectivity index (χ3n) is 9.79. The van der Waals surface area contributed by atoms with E-state index in [9.17, 15) is 0 Å². The van der Waals surface area contributed by atoms with Gasteiger partial charge in [0.2, 0.25) is 21.6 Å². The highest BCUT2D eigenvalue weighted by molar-refractivity contribution is 7.89. The van der Waals surface area contributed by atoms with Gasteiger partial charge in [-0.25, -0.2) is 18.0 Å². The molecule has 3 aromatic carbocycles. The van der Waals surface area contributed by atoms with Gasteiger partial charge in [0.1, 0.15) is 5.41 Å². The van der Waals surface area contributed by atoms with E-state index < -0.39 is 56.8 Å². The number of carbonyl (C=O) groups is 3. The lowest BCUT2D eigenvalue weighted by molar-refractivity contribution is -0.290. The normalized spacial score (nSPS) is 23.3. The fourth-order valence-electron chi connectivity index (χ4n) is 7.75. The Morgan fingerprint density at radius 3 is 1.76 bits per heavy atom. The van der Waals surface area contributed by atoms with E-state index in [4.69, 9.17) is 37.9 Å². The van der Waals surface area contributed by atoms with Gasteiger partial charge in [0, 0.05) is 13.0 Å². The van der Waals surface area contributed by atoms with E-state index in [1.807, 2.05) is 0 Å². The first kappa shape index (κ1) is 40.5. The Kier molecular flexibility index (Phi) is 12.0. The standard InChI is InChI=1S/C39H47NO13S/c1-9-49-34(41)37-24-31(27-22-29(46-6)32(48-8)30(23-27)47-7)53-39(37,52-12-4)38(35(42)50-10-2,36(43)51-11-3)40(33(37)26-16-14-13-15-17-26)54(44,45)28-20-18-25(5)19-21-28/h13-23,31,33H,9-12,24H2,1-8H3/t31-,33-,37+,39+/m1/s1. The number of methoxy groups -OCH3 is 3. The zero-order valence-corrected chi connectivity index (χ0v) is 32.5. The second-order valence-corrected chi connectivity index (χ2v) is 14.4. The lowest BCUT2D eigenvalue weighted by Gasteiger charge is -2.44. The average Bonchev–Trinajstić information content (AvgIpc) is 3.62. The number of fused-ring (bicyclic) bond motifs is 1. The predicted molar refractivity (Wildman–Crippen MR) is 193 cm³/mol. The van der Waals surface area contributed by atoms with Crippen molar-refractivity contribution in [2.45, 2.75) is 69.4 Å². The van der Waals surface area contributed by atoms with E-state index in [-0.39, 0.29) is 60.6 Å². The van der Waals surface area contributed by atoms with Crippen LogP contribution in [0.5, 0.6) is 17.2 Å². The van der Waals surface area contributed by atoms with Crippen molar-refractivity contribution in [3.63, 3.8) is 0 Å². The Labute approximate surface area is 315 Å². The Morgan fingerprint density at radius 1 is 0.741 bits per heavy atom. The number of aryl methyl sites for hydroxylation is 1. The number of hydrogen-bond donors (Lipinski definition) is 0. The van der Waals surface area contributed by atoms with E-state index in [0.29, 0.717) is 9.87 Å². The highest BCUT2D eigenvalue weighted by Crippen LogP contribution is 2.72. The Bertz CT molecular complexity index is 1910. The van der Waals surface area contributed by atoms with Crippen LogP contribution in [0.15, 0.2) is 71.6 Å². The molecule has 2 fully saturated rings. The minimum Gasteiger partial charge on any atom is -0.493 e. The number of rotatable bonds is 15. The molecule has 2 aliphatic rings. The number of ether oxygens (including phenoxy) is 8. The maximum Gasteiger partial charge on any atom is 0.345 e. The molecule has 0 N–H and O–H groups in total. The van der Waals surface area contributed by atoms with Crippen LogP contribution in [0.3, 0.4) is 0 Å². The van der Waals surface area contributed by atoms with E-state index in [2.05, 4.69) is 0 Å². The molecule has 4 atom stereocenters. The topological polar surface area (TPSA) is 162 Å². The molecule has 2 aliphatic heterocycles. The first-order chi connectivity index (χ1) is 25.9. The van der Waals surface area contributed by atoms with Crippen LogP contribution in [0.4, 0.5) is 0 Å². The van der Waals surface area contributed by atoms with Crippen molar-refractivity contribution in [3.8, 4) is 17.2 Å². The smallest absolute Gasteiger partial charge is 0.345 e. The molecule has 3 aromatic rings. The van der Waals surface area contributed by atoms with Crippen LogP contribution in [-0.4, -0.2) is 89.7 Å². The molecule has 0 bridgehead atoms. The third-order valence-corrected chi connectivity index (χ3v) is 11.7. The molecule has 54 heavy (non-hydrogen) atoms. The monoisotopic (exact) mass is 769 g/mol. The number of carbonyl (C=O) groups excluding carboxylic acids is 3. The molecule has 2 heterocycles. The summed E-state index contributed by atoms with van der Waals surface area (Å²) in [7, 11) is -0.677. The molecule has 0 saturated carbocycles. The van der Waals surface area contributed by atoms with Crippen LogP contribution >= 0.6 is 0 Å². The summed E-state index contributed by atoms with van der Waals surface area (Å²) >= 11 is 0. The molecule has 5 rings (SSSR count). The number of nitrogens with zero attached hydrogens (tertiary/aromatic N) is 1. The summed E-state index contributed by atoms with van der Waals surface area (Å²) in [6, 6.07) is 15.6. The van der Waals surface area contributed by atoms with Gasteiger partial charge in [0.25, 0.3) is 5.54 Å². The summed E-state index contributed by atoms with van der Waals surface area (Å²) in [4.78, 5) is 45.0. The molecule has 0 amide bonds. The molecule has 14 nitrogen and oxygen atoms in total. The van der Waals surface area contributed by atoms with Gasteiger partial charge in [0.05, 0.1) is 58.2 Å². The quantitative estimate of drug-likeness (QED) is 0.115. The van der Waals surface area contributed by atoms with Gasteiger partial charge < -0.3 is 37.9 Å². The minimum atomic E-state index is -4.98. The van der Waals surface area contributed by atoms with Crippen molar-refractivity contribution in [2.75, 3.05) is 47.8 Å². The van der Waals surface area contributed by atoms with Gasteiger partial charge in [-0.05, 0) is 70.0 Å². The minimum absolute atomic E-state index is 0.157. The lowest BCUT2D eigenvalue weighted by atomic mass is 9.67. The number of hydrogen-bond acceptors (Lipinski definition) is 13. The molecule has 0 spiro atoms. The summed E-state index contributed by atoms with van der Waals surface area (Å²) in [5.41, 5.74) is -4.08. The third kappa shape index (κ3) is 5.97. The number of esters is 3. The summed E-state index contributed by atoms with van der Waals surface area (Å²) in [5, 5.41) is 0. The molecular weight excluding hydrogens is 722 g/mol. The number of benzene rings is 3. The number of sulfonamides is 1. The lowest BCUT2D eigenvalue weighted by Crippen LogP contribution is -2.73. The van der Waals surface area contributed by atoms with Gasteiger partial charge in [-0.2, -0.15) is 4.31 Å². The van der Waals surface area contributed by atoms with Crippen molar-refractivity contribution in [2.24, 2.45) is 5.41 Å². The van der Waals surface area contributed by atoms with Crippen LogP contribution < -0.4 is 14.2 Å². The van der Waals surface area contributed by atoms with Crippen molar-refractivity contribution in [1.29, 1.82) is 0 Å². The van der Waals surface area contributed by atoms with Crippen LogP contribution in [0.2, 0.25) is 0 Å². The first-order valence-electron chi connectivity index (χ1n) is 17.7. The first-order valence-corrected chi connectivity index (χ1v) is 19.1. The SMILES string of the molecule is CCOC(=O)C1(C(=O)OCC)N(S(=O)(=O)c2ccc(C)cc2)[C@H](c2ccccc2)[C@]2(C(=O)OCC)C[C@H](c3cc(OC)c(OC)c(OC)c3)O[C@]12OCC. The zero-order chi connectivity index (χ0) is 39.5. The van der Waals surface area contributed by atoms with E-state index in [1.54, 1.807) is 75.4 Å². The molecule has 0 radical (unpaired) electrons. The predicted octanol–water partition coefficient (Wildman–Crippen LogP) is 5.08. The van der Waals surface area contributed by atoms with Crippen molar-refractivity contribution in [1.82, 2.24) is 4.31 Å². The van der Waals surface area contributed by atoms with Crippen LogP contribution in [-0.2, 0) is 48.1 Å². The average molecular weight is 770 g/mol. The van der Waals surface area contributed by atoms with Crippen molar-refractivity contribution < 1.29 is 60.7 Å². The molecular formula is C39H47NO13S. The maximum absolute atomic E-state index is 15.5. The fourth-order valence-corrected chi connectivity index (χ4v) is 9.66. The summed E-state index contributed by atoms with van der Waals surface area (Å²) < 4.78 is 79.0. The zero-order valence-electron chi connectivity index (χ0n) is 31.7. The van der Waals surface area contributed by atoms with Gasteiger partial charge in [-0.15, -0.1) is 0 Å². The molecule has 2 saturated heterocycles. The Hall–Kier alpha value is -4.70. The fraction of sp³-hybridized carbons (Fsp3) is 0.462. The molecule has 0 aliphatic carbocycles. The van der Waals surface area contributed by atoms with Gasteiger partial charge >= 0.3 is 17.9 Å². The van der Waals surface area contributed by atoms with E-state index in [0.717, 1.165) is 5.56 Å². The van der Waals surface area contributed by atoms with Gasteiger partial charge in [-0.3, -0.25) is 4.79 Å². The van der Waals surface area contributed by atoms with Gasteiger partial charge in [-0.1, -0.05) is 48.0 Å². The second kappa shape index (κ2) is 16.0. The molecule has 292 valence electrons. The van der Waals surface area contributed by atoms with Crippen molar-refractivity contribution in [3.05, 3.63) is 83.4 Å². The Balaban J connectivity index is 2.03.